The maximum absolute atomic E-state index is 5.90. The Kier molecular flexibility index (Phi) is 4.61. The summed E-state index contributed by atoms with van der Waals surface area (Å²) in [6, 6.07) is 12.0. The molecular weight excluding hydrogens is 250 g/mol. The molecule has 0 fully saturated rings. The second kappa shape index (κ2) is 6.42. The number of methoxy groups -OCH3 is 1. The molecule has 0 saturated heterocycles. The van der Waals surface area contributed by atoms with Gasteiger partial charge >= 0.3 is 0 Å². The van der Waals surface area contributed by atoms with Gasteiger partial charge in [0.1, 0.15) is 12.4 Å². The lowest BCUT2D eigenvalue weighted by atomic mass is 10.0. The predicted octanol–water partition coefficient (Wildman–Crippen LogP) is 4.10. The average Bonchev–Trinajstić information content (AvgIpc) is 2.46. The second-order valence-corrected chi connectivity index (χ2v) is 5.14. The lowest BCUT2D eigenvalue weighted by Gasteiger charge is -2.12. The first-order valence-electron chi connectivity index (χ1n) is 6.83. The van der Waals surface area contributed by atoms with Gasteiger partial charge < -0.3 is 9.47 Å². The summed E-state index contributed by atoms with van der Waals surface area (Å²) in [5.74, 6) is 2.02. The summed E-state index contributed by atoms with van der Waals surface area (Å²) in [6.07, 6.45) is 0. The number of benzene rings is 1. The summed E-state index contributed by atoms with van der Waals surface area (Å²) in [7, 11) is 1.61. The third-order valence-corrected chi connectivity index (χ3v) is 3.24. The van der Waals surface area contributed by atoms with E-state index in [0.717, 1.165) is 17.0 Å². The highest BCUT2D eigenvalue weighted by atomic mass is 16.5. The number of hydrogen-bond acceptors (Lipinski definition) is 3. The molecule has 3 nitrogen and oxygen atoms in total. The molecule has 0 aliphatic carbocycles. The summed E-state index contributed by atoms with van der Waals surface area (Å²) in [6.45, 7) is 6.86. The Hall–Kier alpha value is -2.03. The number of ether oxygens (including phenoxy) is 2. The van der Waals surface area contributed by atoms with E-state index < -0.39 is 0 Å². The first-order chi connectivity index (χ1) is 9.60. The first-order valence-corrected chi connectivity index (χ1v) is 6.83. The molecule has 0 atom stereocenters. The van der Waals surface area contributed by atoms with E-state index in [1.165, 1.54) is 5.56 Å². The van der Waals surface area contributed by atoms with Crippen LogP contribution in [0.25, 0.3) is 0 Å². The lowest BCUT2D eigenvalue weighted by Crippen LogP contribution is -2.01. The van der Waals surface area contributed by atoms with Crippen molar-refractivity contribution in [3.63, 3.8) is 0 Å². The largest absolute Gasteiger partial charge is 0.487 e. The molecule has 2 rings (SSSR count). The van der Waals surface area contributed by atoms with E-state index in [4.69, 9.17) is 9.47 Å². The van der Waals surface area contributed by atoms with Gasteiger partial charge in [-0.2, -0.15) is 0 Å². The van der Waals surface area contributed by atoms with Gasteiger partial charge in [-0.25, -0.2) is 4.98 Å². The standard InChI is InChI=1S/C17H21NO2/c1-12(2)14-9-8-13(3)16(10-14)20-11-15-6-5-7-17(18-15)19-4/h5-10,12H,11H2,1-4H3. The Morgan fingerprint density at radius 1 is 1.15 bits per heavy atom. The number of aromatic nitrogens is 1. The van der Waals surface area contributed by atoms with E-state index in [9.17, 15) is 0 Å². The quantitative estimate of drug-likeness (QED) is 0.820. The van der Waals surface area contributed by atoms with Crippen molar-refractivity contribution in [2.24, 2.45) is 0 Å². The van der Waals surface area contributed by atoms with Crippen LogP contribution in [0, 0.1) is 6.92 Å². The lowest BCUT2D eigenvalue weighted by molar-refractivity contribution is 0.295. The molecule has 0 saturated carbocycles. The molecule has 0 aliphatic heterocycles. The molecule has 1 aromatic heterocycles. The van der Waals surface area contributed by atoms with Crippen LogP contribution in [0.1, 0.15) is 36.6 Å². The summed E-state index contributed by atoms with van der Waals surface area (Å²) in [4.78, 5) is 4.35. The van der Waals surface area contributed by atoms with Gasteiger partial charge in [0.05, 0.1) is 12.8 Å². The topological polar surface area (TPSA) is 31.4 Å². The molecule has 0 N–H and O–H groups in total. The van der Waals surface area contributed by atoms with Gasteiger partial charge in [0.15, 0.2) is 0 Å². The number of rotatable bonds is 5. The van der Waals surface area contributed by atoms with Crippen molar-refractivity contribution in [3.8, 4) is 11.6 Å². The van der Waals surface area contributed by atoms with Gasteiger partial charge in [-0.1, -0.05) is 32.0 Å². The summed E-state index contributed by atoms with van der Waals surface area (Å²) < 4.78 is 11.0. The van der Waals surface area contributed by atoms with E-state index in [1.807, 2.05) is 18.2 Å². The van der Waals surface area contributed by atoms with Gasteiger partial charge in [-0.05, 0) is 36.1 Å². The summed E-state index contributed by atoms with van der Waals surface area (Å²) >= 11 is 0. The predicted molar refractivity (Wildman–Crippen MR) is 80.4 cm³/mol. The normalized spacial score (nSPS) is 10.7. The Labute approximate surface area is 120 Å². The maximum atomic E-state index is 5.90. The van der Waals surface area contributed by atoms with Gasteiger partial charge in [0, 0.05) is 6.07 Å². The van der Waals surface area contributed by atoms with Crippen molar-refractivity contribution in [1.29, 1.82) is 0 Å². The van der Waals surface area contributed by atoms with Crippen LogP contribution in [0.4, 0.5) is 0 Å². The molecule has 3 heteroatoms. The van der Waals surface area contributed by atoms with E-state index in [1.54, 1.807) is 7.11 Å². The molecule has 0 amide bonds. The third kappa shape index (κ3) is 3.50. The molecule has 106 valence electrons. The van der Waals surface area contributed by atoms with Crippen molar-refractivity contribution in [1.82, 2.24) is 4.98 Å². The van der Waals surface area contributed by atoms with Crippen molar-refractivity contribution >= 4 is 0 Å². The Balaban J connectivity index is 2.11. The van der Waals surface area contributed by atoms with E-state index in [0.29, 0.717) is 18.4 Å². The molecule has 0 radical (unpaired) electrons. The second-order valence-electron chi connectivity index (χ2n) is 5.14. The Bertz CT molecular complexity index is 579. The third-order valence-electron chi connectivity index (χ3n) is 3.24. The fourth-order valence-electron chi connectivity index (χ4n) is 1.93. The smallest absolute Gasteiger partial charge is 0.213 e. The number of hydrogen-bond donors (Lipinski definition) is 0. The van der Waals surface area contributed by atoms with E-state index >= 15 is 0 Å². The van der Waals surface area contributed by atoms with Gasteiger partial charge in [-0.3, -0.25) is 0 Å². The molecule has 0 bridgehead atoms. The van der Waals surface area contributed by atoms with Crippen molar-refractivity contribution < 1.29 is 9.47 Å². The van der Waals surface area contributed by atoms with Crippen LogP contribution in [0.2, 0.25) is 0 Å². The van der Waals surface area contributed by atoms with E-state index in [2.05, 4.69) is 44.0 Å². The average molecular weight is 271 g/mol. The van der Waals surface area contributed by atoms with Crippen molar-refractivity contribution in [2.45, 2.75) is 33.3 Å². The molecule has 20 heavy (non-hydrogen) atoms. The number of pyridine rings is 1. The zero-order valence-electron chi connectivity index (χ0n) is 12.5. The molecule has 2 aromatic rings. The van der Waals surface area contributed by atoms with Crippen LogP contribution in [0.5, 0.6) is 11.6 Å². The highest BCUT2D eigenvalue weighted by Gasteiger charge is 2.06. The molecule has 0 spiro atoms. The van der Waals surface area contributed by atoms with Crippen LogP contribution < -0.4 is 9.47 Å². The molecular formula is C17H21NO2. The van der Waals surface area contributed by atoms with Crippen molar-refractivity contribution in [3.05, 3.63) is 53.2 Å². The minimum absolute atomic E-state index is 0.444. The minimum Gasteiger partial charge on any atom is -0.487 e. The van der Waals surface area contributed by atoms with Crippen LogP contribution >= 0.6 is 0 Å². The Morgan fingerprint density at radius 3 is 2.65 bits per heavy atom. The van der Waals surface area contributed by atoms with Crippen LogP contribution in [-0.4, -0.2) is 12.1 Å². The fraction of sp³-hybridized carbons (Fsp3) is 0.353. The monoisotopic (exact) mass is 271 g/mol. The number of aryl methyl sites for hydroxylation is 1. The first kappa shape index (κ1) is 14.4. The number of nitrogens with zero attached hydrogens (tertiary/aromatic N) is 1. The Morgan fingerprint density at radius 2 is 1.95 bits per heavy atom. The summed E-state index contributed by atoms with van der Waals surface area (Å²) in [5.41, 5.74) is 3.28. The van der Waals surface area contributed by atoms with Gasteiger partial charge in [-0.15, -0.1) is 0 Å². The molecule has 1 aromatic carbocycles. The zero-order chi connectivity index (χ0) is 14.5. The van der Waals surface area contributed by atoms with Gasteiger partial charge in [0.2, 0.25) is 5.88 Å². The highest BCUT2D eigenvalue weighted by Crippen LogP contribution is 2.25. The van der Waals surface area contributed by atoms with Gasteiger partial charge in [0.25, 0.3) is 0 Å². The SMILES string of the molecule is COc1cccc(COc2cc(C(C)C)ccc2C)n1. The van der Waals surface area contributed by atoms with Crippen LogP contribution in [0.15, 0.2) is 36.4 Å². The zero-order valence-corrected chi connectivity index (χ0v) is 12.5. The highest BCUT2D eigenvalue weighted by molar-refractivity contribution is 5.37. The van der Waals surface area contributed by atoms with Crippen LogP contribution in [-0.2, 0) is 6.61 Å². The molecule has 0 aliphatic rings. The van der Waals surface area contributed by atoms with Crippen molar-refractivity contribution in [2.75, 3.05) is 7.11 Å². The summed E-state index contributed by atoms with van der Waals surface area (Å²) in [5, 5.41) is 0. The fourth-order valence-corrected chi connectivity index (χ4v) is 1.93. The maximum Gasteiger partial charge on any atom is 0.213 e. The minimum atomic E-state index is 0.444. The van der Waals surface area contributed by atoms with Crippen LogP contribution in [0.3, 0.4) is 0 Å². The molecule has 0 unspecified atom stereocenters. The van der Waals surface area contributed by atoms with E-state index in [-0.39, 0.29) is 0 Å². The molecule has 1 heterocycles.